The van der Waals surface area contributed by atoms with Crippen LogP contribution in [-0.2, 0) is 6.54 Å². The van der Waals surface area contributed by atoms with Crippen molar-refractivity contribution in [3.8, 4) is 5.75 Å². The van der Waals surface area contributed by atoms with Crippen LogP contribution < -0.4 is 10.5 Å². The summed E-state index contributed by atoms with van der Waals surface area (Å²) in [5, 5.41) is 0. The van der Waals surface area contributed by atoms with Gasteiger partial charge in [0.25, 0.3) is 0 Å². The van der Waals surface area contributed by atoms with E-state index in [0.717, 1.165) is 17.9 Å². The Hall–Kier alpha value is -1.06. The van der Waals surface area contributed by atoms with Crippen molar-refractivity contribution in [1.82, 2.24) is 4.90 Å². The van der Waals surface area contributed by atoms with E-state index in [0.29, 0.717) is 13.2 Å². The maximum absolute atomic E-state index is 5.70. The first kappa shape index (κ1) is 12.0. The predicted octanol–water partition coefficient (Wildman–Crippen LogP) is 1.39. The summed E-state index contributed by atoms with van der Waals surface area (Å²) in [6, 6.07) is 6.12. The van der Waals surface area contributed by atoms with E-state index in [1.165, 1.54) is 5.56 Å². The minimum Gasteiger partial charge on any atom is -0.492 e. The van der Waals surface area contributed by atoms with Crippen LogP contribution in [-0.4, -0.2) is 32.1 Å². The molecule has 1 rings (SSSR count). The minimum absolute atomic E-state index is 0.525. The number of ether oxygens (including phenoxy) is 1. The van der Waals surface area contributed by atoms with Crippen LogP contribution in [0.3, 0.4) is 0 Å². The van der Waals surface area contributed by atoms with Crippen molar-refractivity contribution < 1.29 is 4.74 Å². The van der Waals surface area contributed by atoms with E-state index in [1.807, 2.05) is 26.2 Å². The summed E-state index contributed by atoms with van der Waals surface area (Å²) >= 11 is 0. The van der Waals surface area contributed by atoms with Crippen molar-refractivity contribution in [2.75, 3.05) is 27.2 Å². The van der Waals surface area contributed by atoms with Crippen LogP contribution in [0.5, 0.6) is 5.75 Å². The van der Waals surface area contributed by atoms with Gasteiger partial charge >= 0.3 is 0 Å². The average molecular weight is 208 g/mol. The molecule has 0 radical (unpaired) electrons. The molecule has 1 aromatic rings. The minimum atomic E-state index is 0.525. The lowest BCUT2D eigenvalue weighted by Gasteiger charge is -2.13. The number of hydrogen-bond donors (Lipinski definition) is 1. The van der Waals surface area contributed by atoms with Crippen LogP contribution in [0.25, 0.3) is 0 Å². The zero-order valence-corrected chi connectivity index (χ0v) is 9.79. The van der Waals surface area contributed by atoms with Crippen molar-refractivity contribution >= 4 is 0 Å². The first-order valence-electron chi connectivity index (χ1n) is 5.20. The number of rotatable bonds is 5. The number of hydrogen-bond acceptors (Lipinski definition) is 3. The Morgan fingerprint density at radius 1 is 1.33 bits per heavy atom. The molecule has 0 saturated heterocycles. The van der Waals surface area contributed by atoms with Gasteiger partial charge in [-0.25, -0.2) is 0 Å². The number of nitrogens with zero attached hydrogens (tertiary/aromatic N) is 1. The summed E-state index contributed by atoms with van der Waals surface area (Å²) in [5.41, 5.74) is 7.91. The van der Waals surface area contributed by atoms with Gasteiger partial charge in [0.2, 0.25) is 0 Å². The number of likely N-dealkylation sites (N-methyl/N-ethyl adjacent to an activating group) is 1. The second kappa shape index (κ2) is 5.73. The zero-order chi connectivity index (χ0) is 11.3. The summed E-state index contributed by atoms with van der Waals surface area (Å²) in [6.07, 6.45) is 0. The number of nitrogens with two attached hydrogens (primary N) is 1. The molecule has 0 aromatic heterocycles. The molecule has 0 aliphatic heterocycles. The van der Waals surface area contributed by atoms with Gasteiger partial charge in [-0.3, -0.25) is 0 Å². The van der Waals surface area contributed by atoms with Crippen molar-refractivity contribution in [3.63, 3.8) is 0 Å². The Kier molecular flexibility index (Phi) is 4.59. The first-order valence-corrected chi connectivity index (χ1v) is 5.20. The Bertz CT molecular complexity index is 310. The lowest BCUT2D eigenvalue weighted by molar-refractivity contribution is 0.259. The van der Waals surface area contributed by atoms with Gasteiger partial charge in [-0.15, -0.1) is 0 Å². The topological polar surface area (TPSA) is 38.5 Å². The van der Waals surface area contributed by atoms with E-state index in [9.17, 15) is 0 Å². The van der Waals surface area contributed by atoms with Gasteiger partial charge in [0, 0.05) is 18.7 Å². The Morgan fingerprint density at radius 2 is 2.07 bits per heavy atom. The highest BCUT2D eigenvalue weighted by molar-refractivity contribution is 5.36. The van der Waals surface area contributed by atoms with E-state index in [4.69, 9.17) is 10.5 Å². The van der Waals surface area contributed by atoms with Crippen LogP contribution >= 0.6 is 0 Å². The highest BCUT2D eigenvalue weighted by atomic mass is 16.5. The van der Waals surface area contributed by atoms with Crippen molar-refractivity contribution in [3.05, 3.63) is 29.3 Å². The molecule has 3 nitrogen and oxygen atoms in total. The Balaban J connectivity index is 2.62. The van der Waals surface area contributed by atoms with Gasteiger partial charge in [0.1, 0.15) is 12.4 Å². The smallest absolute Gasteiger partial charge is 0.124 e. The molecular formula is C12H20N2O. The maximum atomic E-state index is 5.70. The van der Waals surface area contributed by atoms with E-state index in [2.05, 4.69) is 17.9 Å². The molecule has 0 aliphatic rings. The van der Waals surface area contributed by atoms with Gasteiger partial charge in [-0.05, 0) is 32.6 Å². The van der Waals surface area contributed by atoms with Crippen LogP contribution in [0.1, 0.15) is 11.1 Å². The molecule has 1 aromatic carbocycles. The monoisotopic (exact) mass is 208 g/mol. The van der Waals surface area contributed by atoms with Crippen LogP contribution in [0.4, 0.5) is 0 Å². The third-order valence-electron chi connectivity index (χ3n) is 2.24. The molecule has 15 heavy (non-hydrogen) atoms. The molecule has 0 spiro atoms. The van der Waals surface area contributed by atoms with Crippen LogP contribution in [0.2, 0.25) is 0 Å². The standard InChI is InChI=1S/C12H20N2O/c1-10-4-5-11(9-13)12(8-10)15-7-6-14(2)3/h4-5,8H,6-7,9,13H2,1-3H3. The Labute approximate surface area is 91.8 Å². The molecule has 0 unspecified atom stereocenters. The predicted molar refractivity (Wildman–Crippen MR) is 63.1 cm³/mol. The molecule has 3 heteroatoms. The lowest BCUT2D eigenvalue weighted by Crippen LogP contribution is -2.20. The molecule has 0 aliphatic carbocycles. The quantitative estimate of drug-likeness (QED) is 0.794. The van der Waals surface area contributed by atoms with Gasteiger partial charge in [-0.2, -0.15) is 0 Å². The third kappa shape index (κ3) is 3.90. The zero-order valence-electron chi connectivity index (χ0n) is 9.79. The van der Waals surface area contributed by atoms with Crippen LogP contribution in [0, 0.1) is 6.92 Å². The van der Waals surface area contributed by atoms with Crippen molar-refractivity contribution in [2.45, 2.75) is 13.5 Å². The molecule has 0 bridgehead atoms. The fraction of sp³-hybridized carbons (Fsp3) is 0.500. The summed E-state index contributed by atoms with van der Waals surface area (Å²) in [4.78, 5) is 2.10. The van der Waals surface area contributed by atoms with E-state index in [-0.39, 0.29) is 0 Å². The van der Waals surface area contributed by atoms with E-state index >= 15 is 0 Å². The molecule has 84 valence electrons. The normalized spacial score (nSPS) is 10.7. The number of aryl methyl sites for hydroxylation is 1. The second-order valence-corrected chi connectivity index (χ2v) is 3.97. The van der Waals surface area contributed by atoms with E-state index < -0.39 is 0 Å². The Morgan fingerprint density at radius 3 is 2.67 bits per heavy atom. The van der Waals surface area contributed by atoms with Gasteiger partial charge in [0.05, 0.1) is 0 Å². The SMILES string of the molecule is Cc1ccc(CN)c(OCCN(C)C)c1. The highest BCUT2D eigenvalue weighted by Gasteiger charge is 2.02. The largest absolute Gasteiger partial charge is 0.492 e. The third-order valence-corrected chi connectivity index (χ3v) is 2.24. The second-order valence-electron chi connectivity index (χ2n) is 3.97. The van der Waals surface area contributed by atoms with E-state index in [1.54, 1.807) is 0 Å². The summed E-state index contributed by atoms with van der Waals surface area (Å²) in [6.45, 7) is 4.19. The average Bonchev–Trinajstić information content (AvgIpc) is 2.17. The maximum Gasteiger partial charge on any atom is 0.124 e. The fourth-order valence-corrected chi connectivity index (χ4v) is 1.30. The number of benzene rings is 1. The highest BCUT2D eigenvalue weighted by Crippen LogP contribution is 2.19. The summed E-state index contributed by atoms with van der Waals surface area (Å²) in [7, 11) is 4.06. The fourth-order valence-electron chi connectivity index (χ4n) is 1.30. The van der Waals surface area contributed by atoms with Crippen molar-refractivity contribution in [2.24, 2.45) is 5.73 Å². The molecular weight excluding hydrogens is 188 g/mol. The summed E-state index contributed by atoms with van der Waals surface area (Å²) in [5.74, 6) is 0.916. The van der Waals surface area contributed by atoms with Crippen LogP contribution in [0.15, 0.2) is 18.2 Å². The molecule has 0 saturated carbocycles. The first-order chi connectivity index (χ1) is 7.13. The van der Waals surface area contributed by atoms with Gasteiger partial charge in [-0.1, -0.05) is 12.1 Å². The molecule has 0 heterocycles. The molecule has 0 amide bonds. The van der Waals surface area contributed by atoms with Gasteiger partial charge in [0.15, 0.2) is 0 Å². The molecule has 0 atom stereocenters. The van der Waals surface area contributed by atoms with Crippen molar-refractivity contribution in [1.29, 1.82) is 0 Å². The van der Waals surface area contributed by atoms with Gasteiger partial charge < -0.3 is 15.4 Å². The summed E-state index contributed by atoms with van der Waals surface area (Å²) < 4.78 is 5.70. The lowest BCUT2D eigenvalue weighted by atomic mass is 10.1. The molecule has 2 N–H and O–H groups in total. The molecule has 0 fully saturated rings.